The van der Waals surface area contributed by atoms with Gasteiger partial charge in [-0.1, -0.05) is 6.07 Å². The average molecular weight is 326 g/mol. The van der Waals surface area contributed by atoms with Gasteiger partial charge in [-0.05, 0) is 24.3 Å². The number of carboxylic acids is 1. The molecule has 1 heterocycles. The van der Waals surface area contributed by atoms with Crippen molar-refractivity contribution in [3.05, 3.63) is 46.6 Å². The van der Waals surface area contributed by atoms with Gasteiger partial charge in [0.05, 0.1) is 11.3 Å². The quantitative estimate of drug-likeness (QED) is 0.896. The van der Waals surface area contributed by atoms with Crippen molar-refractivity contribution in [2.45, 2.75) is 4.21 Å². The highest BCUT2D eigenvalue weighted by atomic mass is 32.2. The summed E-state index contributed by atoms with van der Waals surface area (Å²) >= 11 is 0.698. The molecule has 0 saturated heterocycles. The third-order valence-electron chi connectivity index (χ3n) is 2.44. The van der Waals surface area contributed by atoms with Crippen LogP contribution in [-0.4, -0.2) is 19.5 Å². The molecule has 0 spiro atoms. The number of benzene rings is 1. The van der Waals surface area contributed by atoms with Crippen molar-refractivity contribution in [2.24, 2.45) is 0 Å². The van der Waals surface area contributed by atoms with E-state index in [0.29, 0.717) is 11.3 Å². The van der Waals surface area contributed by atoms with Gasteiger partial charge in [0.1, 0.15) is 21.0 Å². The number of carbonyl (C=O) groups is 1. The number of sulfonamides is 1. The minimum atomic E-state index is -4.17. The molecule has 1 aromatic carbocycles. The van der Waals surface area contributed by atoms with Gasteiger partial charge in [-0.15, -0.1) is 11.3 Å². The third kappa shape index (κ3) is 3.01. The summed E-state index contributed by atoms with van der Waals surface area (Å²) in [5, 5.41) is 17.6. The van der Waals surface area contributed by atoms with E-state index in [9.17, 15) is 17.6 Å². The molecule has 0 atom stereocenters. The molecule has 2 N–H and O–H groups in total. The summed E-state index contributed by atoms with van der Waals surface area (Å²) in [6.07, 6.45) is 0. The van der Waals surface area contributed by atoms with E-state index in [2.05, 4.69) is 0 Å². The first-order valence-corrected chi connectivity index (χ1v) is 7.69. The lowest BCUT2D eigenvalue weighted by atomic mass is 10.2. The molecular weight excluding hydrogens is 319 g/mol. The van der Waals surface area contributed by atoms with Crippen molar-refractivity contribution in [3.8, 4) is 6.07 Å². The summed E-state index contributed by atoms with van der Waals surface area (Å²) in [4.78, 5) is 11.2. The number of halogens is 1. The molecular formula is C12H7FN2O4S2. The zero-order valence-electron chi connectivity index (χ0n) is 10.2. The van der Waals surface area contributed by atoms with Gasteiger partial charge in [-0.25, -0.2) is 17.6 Å². The van der Waals surface area contributed by atoms with Crippen LogP contribution >= 0.6 is 11.3 Å². The molecule has 0 amide bonds. The Hall–Kier alpha value is -2.44. The minimum absolute atomic E-state index is 0.169. The molecule has 21 heavy (non-hydrogen) atoms. The van der Waals surface area contributed by atoms with Crippen molar-refractivity contribution in [1.29, 1.82) is 5.26 Å². The van der Waals surface area contributed by atoms with E-state index in [4.69, 9.17) is 10.4 Å². The Labute approximate surface area is 123 Å². The molecule has 0 aliphatic carbocycles. The van der Waals surface area contributed by atoms with E-state index in [1.165, 1.54) is 12.1 Å². The van der Waals surface area contributed by atoms with Crippen molar-refractivity contribution >= 4 is 33.0 Å². The third-order valence-corrected chi connectivity index (χ3v) is 5.27. The Morgan fingerprint density at radius 2 is 2.05 bits per heavy atom. The maximum atomic E-state index is 13.7. The Morgan fingerprint density at radius 1 is 1.33 bits per heavy atom. The number of hydrogen-bond donors (Lipinski definition) is 2. The lowest BCUT2D eigenvalue weighted by molar-refractivity contribution is 0.0697. The van der Waals surface area contributed by atoms with Gasteiger partial charge in [0.2, 0.25) is 0 Å². The summed E-state index contributed by atoms with van der Waals surface area (Å²) in [5.74, 6) is -2.47. The lowest BCUT2D eigenvalue weighted by Crippen LogP contribution is -2.15. The highest BCUT2D eigenvalue weighted by Gasteiger charge is 2.22. The van der Waals surface area contributed by atoms with Crippen molar-refractivity contribution in [1.82, 2.24) is 0 Å². The molecule has 108 valence electrons. The first kappa shape index (κ1) is 15.0. The number of para-hydroxylation sites is 1. The second kappa shape index (κ2) is 5.51. The Bertz CT molecular complexity index is 852. The van der Waals surface area contributed by atoms with Crippen LogP contribution < -0.4 is 4.72 Å². The molecule has 0 aliphatic rings. The summed E-state index contributed by atoms with van der Waals surface area (Å²) < 4.78 is 39.6. The van der Waals surface area contributed by atoms with Crippen molar-refractivity contribution < 1.29 is 22.7 Å². The Balaban J connectivity index is 2.47. The molecule has 0 saturated carbocycles. The van der Waals surface area contributed by atoms with Gasteiger partial charge < -0.3 is 5.11 Å². The van der Waals surface area contributed by atoms with Crippen LogP contribution in [0.2, 0.25) is 0 Å². The van der Waals surface area contributed by atoms with E-state index >= 15 is 0 Å². The standard InChI is InChI=1S/C12H7FN2O4S2/c13-9-3-1-2-8(12(16)17)11(9)15-21(18,19)10-5-4-7(6-14)20-10/h1-5,15H,(H,16,17). The largest absolute Gasteiger partial charge is 0.478 e. The van der Waals surface area contributed by atoms with Gasteiger partial charge in [-0.2, -0.15) is 5.26 Å². The number of carboxylic acid groups (broad SMARTS) is 1. The summed E-state index contributed by atoms with van der Waals surface area (Å²) in [5.41, 5.74) is -1.15. The van der Waals surface area contributed by atoms with Crippen LogP contribution in [0.15, 0.2) is 34.5 Å². The van der Waals surface area contributed by atoms with Crippen LogP contribution in [0.25, 0.3) is 0 Å². The van der Waals surface area contributed by atoms with Crippen LogP contribution in [0.5, 0.6) is 0 Å². The molecule has 1 aromatic heterocycles. The van der Waals surface area contributed by atoms with Gasteiger partial charge in [-0.3, -0.25) is 4.72 Å². The molecule has 0 radical (unpaired) electrons. The van der Waals surface area contributed by atoms with E-state index in [1.54, 1.807) is 6.07 Å². The summed E-state index contributed by atoms with van der Waals surface area (Å²) in [6, 6.07) is 7.46. The zero-order chi connectivity index (χ0) is 15.6. The fraction of sp³-hybridized carbons (Fsp3) is 0. The maximum absolute atomic E-state index is 13.7. The summed E-state index contributed by atoms with van der Waals surface area (Å²) in [6.45, 7) is 0. The van der Waals surface area contributed by atoms with Crippen molar-refractivity contribution in [3.63, 3.8) is 0 Å². The first-order chi connectivity index (χ1) is 9.85. The second-order valence-corrected chi connectivity index (χ2v) is 6.80. The first-order valence-electron chi connectivity index (χ1n) is 5.39. The Morgan fingerprint density at radius 3 is 2.62 bits per heavy atom. The normalized spacial score (nSPS) is 10.9. The lowest BCUT2D eigenvalue weighted by Gasteiger charge is -2.10. The van der Waals surface area contributed by atoms with E-state index in [-0.39, 0.29) is 9.09 Å². The van der Waals surface area contributed by atoms with Gasteiger partial charge in [0.25, 0.3) is 10.0 Å². The molecule has 2 aromatic rings. The highest BCUT2D eigenvalue weighted by Crippen LogP contribution is 2.27. The molecule has 9 heteroatoms. The number of rotatable bonds is 4. The van der Waals surface area contributed by atoms with E-state index in [1.807, 2.05) is 4.72 Å². The van der Waals surface area contributed by atoms with Crippen molar-refractivity contribution in [2.75, 3.05) is 4.72 Å². The molecule has 0 unspecified atom stereocenters. The number of hydrogen-bond acceptors (Lipinski definition) is 5. The predicted octanol–water partition coefficient (Wildman–Crippen LogP) is 2.26. The molecule has 0 aliphatic heterocycles. The summed E-state index contributed by atoms with van der Waals surface area (Å²) in [7, 11) is -4.17. The monoisotopic (exact) mass is 326 g/mol. The smallest absolute Gasteiger partial charge is 0.337 e. The topological polar surface area (TPSA) is 107 Å². The fourth-order valence-electron chi connectivity index (χ4n) is 1.52. The maximum Gasteiger partial charge on any atom is 0.337 e. The highest BCUT2D eigenvalue weighted by molar-refractivity contribution is 7.94. The second-order valence-electron chi connectivity index (χ2n) is 3.80. The molecule has 0 bridgehead atoms. The van der Waals surface area contributed by atoms with Gasteiger partial charge in [0.15, 0.2) is 0 Å². The number of nitrogens with zero attached hydrogens (tertiary/aromatic N) is 1. The van der Waals surface area contributed by atoms with E-state index in [0.717, 1.165) is 18.2 Å². The van der Waals surface area contributed by atoms with Gasteiger partial charge >= 0.3 is 5.97 Å². The minimum Gasteiger partial charge on any atom is -0.478 e. The number of nitrogens with one attached hydrogen (secondary N) is 1. The number of anilines is 1. The van der Waals surface area contributed by atoms with Gasteiger partial charge in [0, 0.05) is 0 Å². The van der Waals surface area contributed by atoms with Crippen LogP contribution in [0, 0.1) is 17.1 Å². The molecule has 2 rings (SSSR count). The SMILES string of the molecule is N#Cc1ccc(S(=O)(=O)Nc2c(F)cccc2C(=O)O)s1. The number of thiophene rings is 1. The van der Waals surface area contributed by atoms with E-state index < -0.39 is 33.1 Å². The Kier molecular flexibility index (Phi) is 3.93. The average Bonchev–Trinajstić information content (AvgIpc) is 2.90. The zero-order valence-corrected chi connectivity index (χ0v) is 11.8. The van der Waals surface area contributed by atoms with Crippen LogP contribution in [0.3, 0.4) is 0 Å². The fourth-order valence-corrected chi connectivity index (χ4v) is 3.71. The van der Waals surface area contributed by atoms with Crippen LogP contribution in [0.1, 0.15) is 15.2 Å². The van der Waals surface area contributed by atoms with Crippen LogP contribution in [-0.2, 0) is 10.0 Å². The predicted molar refractivity (Wildman–Crippen MR) is 73.2 cm³/mol. The molecule has 0 fully saturated rings. The number of aromatic carboxylic acids is 1. The van der Waals surface area contributed by atoms with Crippen LogP contribution in [0.4, 0.5) is 10.1 Å². The number of nitriles is 1. The molecule has 6 nitrogen and oxygen atoms in total.